The average Bonchev–Trinajstić information content (AvgIpc) is 3.22. The van der Waals surface area contributed by atoms with Crippen LogP contribution < -0.4 is 5.32 Å². The molecule has 2 aromatic rings. The first-order valence-electron chi connectivity index (χ1n) is 7.00. The molecule has 1 fully saturated rings. The fourth-order valence-electron chi connectivity index (χ4n) is 2.50. The number of rotatable bonds is 5. The highest BCUT2D eigenvalue weighted by atomic mass is 35.5. The van der Waals surface area contributed by atoms with E-state index in [0.29, 0.717) is 15.6 Å². The Hall–Kier alpha value is -1.07. The van der Waals surface area contributed by atoms with Gasteiger partial charge in [-0.1, -0.05) is 29.3 Å². The molecule has 0 radical (unpaired) electrons. The van der Waals surface area contributed by atoms with E-state index in [1.165, 1.54) is 17.4 Å². The zero-order valence-corrected chi connectivity index (χ0v) is 14.0. The fourth-order valence-corrected chi connectivity index (χ4v) is 3.78. The summed E-state index contributed by atoms with van der Waals surface area (Å²) in [6.07, 6.45) is 1.95. The van der Waals surface area contributed by atoms with Gasteiger partial charge in [0.1, 0.15) is 5.60 Å². The van der Waals surface area contributed by atoms with E-state index in [4.69, 9.17) is 23.2 Å². The number of nitrogens with one attached hydrogen (secondary N) is 1. The summed E-state index contributed by atoms with van der Waals surface area (Å²) in [7, 11) is 0. The van der Waals surface area contributed by atoms with Crippen LogP contribution in [-0.2, 0) is 5.60 Å². The fraction of sp³-hybridized carbons (Fsp3) is 0.312. The van der Waals surface area contributed by atoms with Crippen LogP contribution in [0.15, 0.2) is 35.7 Å². The molecule has 0 spiro atoms. The molecule has 1 amide bonds. The molecule has 1 aliphatic carbocycles. The number of hydrogen-bond acceptors (Lipinski definition) is 3. The maximum Gasteiger partial charge on any atom is 0.252 e. The minimum atomic E-state index is -1.01. The molecule has 22 heavy (non-hydrogen) atoms. The quantitative estimate of drug-likeness (QED) is 0.848. The molecule has 1 heterocycles. The number of thiophene rings is 1. The Morgan fingerprint density at radius 1 is 1.36 bits per heavy atom. The van der Waals surface area contributed by atoms with Gasteiger partial charge in [-0.3, -0.25) is 4.79 Å². The minimum absolute atomic E-state index is 0.167. The van der Waals surface area contributed by atoms with Gasteiger partial charge in [-0.15, -0.1) is 11.3 Å². The van der Waals surface area contributed by atoms with E-state index < -0.39 is 5.60 Å². The van der Waals surface area contributed by atoms with Gasteiger partial charge in [0.15, 0.2) is 0 Å². The molecule has 1 saturated carbocycles. The summed E-state index contributed by atoms with van der Waals surface area (Å²) >= 11 is 13.4. The second-order valence-electron chi connectivity index (χ2n) is 5.48. The van der Waals surface area contributed by atoms with Crippen LogP contribution in [0.4, 0.5) is 0 Å². The SMILES string of the molecule is O=C(NCC(O)(c1cccs1)C1CC1)c1cc(Cl)ccc1Cl. The van der Waals surface area contributed by atoms with Crippen LogP contribution in [0.1, 0.15) is 28.1 Å². The van der Waals surface area contributed by atoms with Crippen LogP contribution in [0, 0.1) is 5.92 Å². The van der Waals surface area contributed by atoms with Crippen molar-refractivity contribution >= 4 is 40.4 Å². The lowest BCUT2D eigenvalue weighted by Gasteiger charge is -2.27. The highest BCUT2D eigenvalue weighted by Crippen LogP contribution is 2.46. The predicted molar refractivity (Wildman–Crippen MR) is 89.7 cm³/mol. The van der Waals surface area contributed by atoms with Crippen molar-refractivity contribution in [3.05, 3.63) is 56.2 Å². The third-order valence-corrected chi connectivity index (χ3v) is 5.49. The molecule has 1 unspecified atom stereocenters. The monoisotopic (exact) mass is 355 g/mol. The largest absolute Gasteiger partial charge is 0.382 e. The Labute approximate surface area is 142 Å². The number of benzene rings is 1. The van der Waals surface area contributed by atoms with Crippen LogP contribution in [0.25, 0.3) is 0 Å². The highest BCUT2D eigenvalue weighted by Gasteiger charge is 2.46. The summed E-state index contributed by atoms with van der Waals surface area (Å²) in [4.78, 5) is 13.2. The van der Waals surface area contributed by atoms with Gasteiger partial charge in [-0.2, -0.15) is 0 Å². The second kappa shape index (κ2) is 6.20. The summed E-state index contributed by atoms with van der Waals surface area (Å²) in [6, 6.07) is 8.56. The molecule has 1 aromatic carbocycles. The van der Waals surface area contributed by atoms with Crippen molar-refractivity contribution in [2.24, 2.45) is 5.92 Å². The van der Waals surface area contributed by atoms with Crippen molar-refractivity contribution in [2.75, 3.05) is 6.54 Å². The van der Waals surface area contributed by atoms with Crippen molar-refractivity contribution < 1.29 is 9.90 Å². The maximum absolute atomic E-state index is 12.3. The van der Waals surface area contributed by atoms with E-state index in [9.17, 15) is 9.90 Å². The van der Waals surface area contributed by atoms with Gasteiger partial charge >= 0.3 is 0 Å². The van der Waals surface area contributed by atoms with Gasteiger partial charge in [-0.25, -0.2) is 0 Å². The van der Waals surface area contributed by atoms with Gasteiger partial charge in [0.05, 0.1) is 17.1 Å². The van der Waals surface area contributed by atoms with E-state index in [-0.39, 0.29) is 18.4 Å². The van der Waals surface area contributed by atoms with Crippen LogP contribution in [-0.4, -0.2) is 17.6 Å². The number of carbonyl (C=O) groups excluding carboxylic acids is 1. The molecule has 0 saturated heterocycles. The van der Waals surface area contributed by atoms with Gasteiger partial charge in [0, 0.05) is 9.90 Å². The number of amides is 1. The lowest BCUT2D eigenvalue weighted by Crippen LogP contribution is -2.42. The third kappa shape index (κ3) is 3.15. The first-order valence-corrected chi connectivity index (χ1v) is 8.64. The summed E-state index contributed by atoms with van der Waals surface area (Å²) in [5, 5.41) is 16.5. The molecule has 1 atom stereocenters. The second-order valence-corrected chi connectivity index (χ2v) is 7.27. The summed E-state index contributed by atoms with van der Waals surface area (Å²) in [6.45, 7) is 0.167. The topological polar surface area (TPSA) is 49.3 Å². The van der Waals surface area contributed by atoms with Gasteiger partial charge < -0.3 is 10.4 Å². The average molecular weight is 356 g/mol. The molecule has 116 valence electrons. The van der Waals surface area contributed by atoms with Gasteiger partial charge in [0.25, 0.3) is 5.91 Å². The molecule has 3 rings (SSSR count). The smallest absolute Gasteiger partial charge is 0.252 e. The van der Waals surface area contributed by atoms with Crippen LogP contribution in [0.2, 0.25) is 10.0 Å². The first-order chi connectivity index (χ1) is 10.5. The summed E-state index contributed by atoms with van der Waals surface area (Å²) < 4.78 is 0. The standard InChI is InChI=1S/C16H15Cl2NO2S/c17-11-5-6-13(18)12(8-11)15(20)19-9-16(21,10-3-4-10)14-2-1-7-22-14/h1-2,5-8,10,21H,3-4,9H2,(H,19,20). The predicted octanol–water partition coefficient (Wildman–Crippen LogP) is 4.08. The number of hydrogen-bond donors (Lipinski definition) is 2. The molecule has 1 aromatic heterocycles. The highest BCUT2D eigenvalue weighted by molar-refractivity contribution is 7.10. The van der Waals surface area contributed by atoms with Crippen LogP contribution in [0.5, 0.6) is 0 Å². The molecular formula is C16H15Cl2NO2S. The van der Waals surface area contributed by atoms with Gasteiger partial charge in [-0.05, 0) is 48.4 Å². The van der Waals surface area contributed by atoms with E-state index in [2.05, 4.69) is 5.32 Å². The van der Waals surface area contributed by atoms with E-state index in [1.807, 2.05) is 17.5 Å². The van der Waals surface area contributed by atoms with Crippen LogP contribution in [0.3, 0.4) is 0 Å². The Kier molecular flexibility index (Phi) is 4.46. The molecule has 6 heteroatoms. The lowest BCUT2D eigenvalue weighted by molar-refractivity contribution is 0.0169. The van der Waals surface area contributed by atoms with E-state index >= 15 is 0 Å². The molecular weight excluding hydrogens is 341 g/mol. The molecule has 3 nitrogen and oxygen atoms in total. The Morgan fingerprint density at radius 2 is 2.14 bits per heavy atom. The van der Waals surface area contributed by atoms with E-state index in [1.54, 1.807) is 12.1 Å². The van der Waals surface area contributed by atoms with Gasteiger partial charge in [0.2, 0.25) is 0 Å². The minimum Gasteiger partial charge on any atom is -0.382 e. The zero-order valence-electron chi connectivity index (χ0n) is 11.7. The Bertz CT molecular complexity index is 685. The summed E-state index contributed by atoms with van der Waals surface area (Å²) in [5.41, 5.74) is -0.687. The summed E-state index contributed by atoms with van der Waals surface area (Å²) in [5.74, 6) is -0.135. The van der Waals surface area contributed by atoms with E-state index in [0.717, 1.165) is 17.7 Å². The van der Waals surface area contributed by atoms with Crippen molar-refractivity contribution in [2.45, 2.75) is 18.4 Å². The van der Waals surface area contributed by atoms with Crippen molar-refractivity contribution in [3.63, 3.8) is 0 Å². The number of aliphatic hydroxyl groups is 1. The van der Waals surface area contributed by atoms with Crippen LogP contribution >= 0.6 is 34.5 Å². The maximum atomic E-state index is 12.3. The molecule has 2 N–H and O–H groups in total. The first kappa shape index (κ1) is 15.8. The molecule has 1 aliphatic rings. The van der Waals surface area contributed by atoms with Crippen molar-refractivity contribution in [3.8, 4) is 0 Å². The number of carbonyl (C=O) groups is 1. The number of halogens is 2. The van der Waals surface area contributed by atoms with Crippen molar-refractivity contribution in [1.82, 2.24) is 5.32 Å². The zero-order chi connectivity index (χ0) is 15.7. The Balaban J connectivity index is 1.75. The molecule has 0 aliphatic heterocycles. The third-order valence-electron chi connectivity index (χ3n) is 3.89. The molecule has 0 bridgehead atoms. The van der Waals surface area contributed by atoms with Crippen molar-refractivity contribution in [1.29, 1.82) is 0 Å². The lowest BCUT2D eigenvalue weighted by atomic mass is 9.95. The normalized spacial score (nSPS) is 17.0. The Morgan fingerprint density at radius 3 is 2.77 bits per heavy atom.